The van der Waals surface area contributed by atoms with Crippen LogP contribution in [0.4, 0.5) is 0 Å². The predicted molar refractivity (Wildman–Crippen MR) is 56.0 cm³/mol. The van der Waals surface area contributed by atoms with E-state index < -0.39 is 5.97 Å². The van der Waals surface area contributed by atoms with Crippen LogP contribution in [-0.4, -0.2) is 16.2 Å². The Kier molecular flexibility index (Phi) is 2.62. The van der Waals surface area contributed by atoms with Gasteiger partial charge in [0.2, 0.25) is 0 Å². The standard InChI is InChI=1S/C12H14O3/c13-10-3-1-2-8(6-7-11(14)15)12(10)9-4-5-9/h1-3,9,13H,4-7H2,(H,14,15). The Morgan fingerprint density at radius 1 is 1.40 bits per heavy atom. The van der Waals surface area contributed by atoms with E-state index in [-0.39, 0.29) is 6.42 Å². The number of carboxylic acids is 1. The van der Waals surface area contributed by atoms with Crippen LogP contribution < -0.4 is 0 Å². The van der Waals surface area contributed by atoms with Gasteiger partial charge in [0.25, 0.3) is 0 Å². The number of aliphatic carboxylic acids is 1. The van der Waals surface area contributed by atoms with Crippen molar-refractivity contribution in [1.82, 2.24) is 0 Å². The lowest BCUT2D eigenvalue weighted by atomic mass is 9.98. The van der Waals surface area contributed by atoms with Crippen LogP contribution in [0.1, 0.15) is 36.3 Å². The third-order valence-corrected chi connectivity index (χ3v) is 2.77. The number of hydrogen-bond donors (Lipinski definition) is 2. The molecule has 3 nitrogen and oxygen atoms in total. The largest absolute Gasteiger partial charge is 0.508 e. The molecule has 0 aliphatic heterocycles. The third-order valence-electron chi connectivity index (χ3n) is 2.77. The molecule has 0 aromatic heterocycles. The molecule has 0 heterocycles. The molecular weight excluding hydrogens is 192 g/mol. The quantitative estimate of drug-likeness (QED) is 0.794. The summed E-state index contributed by atoms with van der Waals surface area (Å²) in [5.74, 6) is -0.0181. The number of rotatable bonds is 4. The molecule has 1 aliphatic rings. The van der Waals surface area contributed by atoms with Crippen LogP contribution in [0.5, 0.6) is 5.75 Å². The fraction of sp³-hybridized carbons (Fsp3) is 0.417. The number of aryl methyl sites for hydroxylation is 1. The number of carboxylic acid groups (broad SMARTS) is 1. The van der Waals surface area contributed by atoms with Gasteiger partial charge in [-0.15, -0.1) is 0 Å². The fourth-order valence-electron chi connectivity index (χ4n) is 1.90. The first-order chi connectivity index (χ1) is 7.18. The molecule has 2 rings (SSSR count). The molecule has 0 amide bonds. The Bertz CT molecular complexity index is 380. The summed E-state index contributed by atoms with van der Waals surface area (Å²) in [5, 5.41) is 18.3. The maximum Gasteiger partial charge on any atom is 0.303 e. The van der Waals surface area contributed by atoms with E-state index in [4.69, 9.17) is 5.11 Å². The molecule has 0 radical (unpaired) electrons. The van der Waals surface area contributed by atoms with E-state index in [9.17, 15) is 9.90 Å². The molecule has 1 aliphatic carbocycles. The minimum absolute atomic E-state index is 0.128. The molecule has 1 fully saturated rings. The lowest BCUT2D eigenvalue weighted by molar-refractivity contribution is -0.136. The number of hydrogen-bond acceptors (Lipinski definition) is 2. The van der Waals surface area contributed by atoms with Crippen LogP contribution in [-0.2, 0) is 11.2 Å². The highest BCUT2D eigenvalue weighted by Crippen LogP contribution is 2.45. The molecule has 1 saturated carbocycles. The number of carbonyl (C=O) groups is 1. The van der Waals surface area contributed by atoms with Gasteiger partial charge in [0.1, 0.15) is 5.75 Å². The smallest absolute Gasteiger partial charge is 0.303 e. The van der Waals surface area contributed by atoms with Gasteiger partial charge in [0, 0.05) is 12.0 Å². The SMILES string of the molecule is O=C(O)CCc1cccc(O)c1C1CC1. The highest BCUT2D eigenvalue weighted by Gasteiger charge is 2.28. The van der Waals surface area contributed by atoms with Gasteiger partial charge in [-0.05, 0) is 36.8 Å². The van der Waals surface area contributed by atoms with Crippen LogP contribution in [0.25, 0.3) is 0 Å². The molecule has 15 heavy (non-hydrogen) atoms. The van der Waals surface area contributed by atoms with E-state index in [0.717, 1.165) is 24.0 Å². The highest BCUT2D eigenvalue weighted by atomic mass is 16.4. The number of aromatic hydroxyl groups is 1. The van der Waals surface area contributed by atoms with Gasteiger partial charge in [-0.3, -0.25) is 4.79 Å². The summed E-state index contributed by atoms with van der Waals surface area (Å²) in [6, 6.07) is 5.37. The zero-order valence-electron chi connectivity index (χ0n) is 8.44. The van der Waals surface area contributed by atoms with E-state index in [1.807, 2.05) is 6.07 Å². The molecule has 3 heteroatoms. The molecule has 80 valence electrons. The van der Waals surface area contributed by atoms with Gasteiger partial charge in [0.05, 0.1) is 0 Å². The van der Waals surface area contributed by atoms with Crippen molar-refractivity contribution in [2.45, 2.75) is 31.6 Å². The number of benzene rings is 1. The van der Waals surface area contributed by atoms with Gasteiger partial charge in [-0.2, -0.15) is 0 Å². The Morgan fingerprint density at radius 2 is 2.13 bits per heavy atom. The monoisotopic (exact) mass is 206 g/mol. The maximum atomic E-state index is 10.5. The fourth-order valence-corrected chi connectivity index (χ4v) is 1.90. The van der Waals surface area contributed by atoms with Gasteiger partial charge in [-0.25, -0.2) is 0 Å². The number of phenols is 1. The Labute approximate surface area is 88.4 Å². The van der Waals surface area contributed by atoms with Crippen molar-refractivity contribution in [2.75, 3.05) is 0 Å². The van der Waals surface area contributed by atoms with Crippen LogP contribution >= 0.6 is 0 Å². The molecular formula is C12H14O3. The van der Waals surface area contributed by atoms with Crippen molar-refractivity contribution in [3.05, 3.63) is 29.3 Å². The Morgan fingerprint density at radius 3 is 2.73 bits per heavy atom. The van der Waals surface area contributed by atoms with Crippen LogP contribution in [0.15, 0.2) is 18.2 Å². The minimum Gasteiger partial charge on any atom is -0.508 e. The van der Waals surface area contributed by atoms with Crippen LogP contribution in [0.3, 0.4) is 0 Å². The second kappa shape index (κ2) is 3.93. The zero-order valence-corrected chi connectivity index (χ0v) is 8.44. The lowest BCUT2D eigenvalue weighted by Crippen LogP contribution is -2.00. The second-order valence-electron chi connectivity index (χ2n) is 4.02. The lowest BCUT2D eigenvalue weighted by Gasteiger charge is -2.09. The highest BCUT2D eigenvalue weighted by molar-refractivity contribution is 5.67. The average molecular weight is 206 g/mol. The number of phenolic OH excluding ortho intramolecular Hbond substituents is 1. The molecule has 0 atom stereocenters. The van der Waals surface area contributed by atoms with Crippen molar-refractivity contribution in [2.24, 2.45) is 0 Å². The molecule has 2 N–H and O–H groups in total. The first kappa shape index (κ1) is 10.0. The van der Waals surface area contributed by atoms with Crippen LogP contribution in [0, 0.1) is 0 Å². The van der Waals surface area contributed by atoms with E-state index in [1.165, 1.54) is 0 Å². The normalized spacial score (nSPS) is 15.2. The summed E-state index contributed by atoms with van der Waals surface area (Å²) in [4.78, 5) is 10.5. The summed E-state index contributed by atoms with van der Waals surface area (Å²) in [6.07, 6.45) is 2.86. The Hall–Kier alpha value is -1.51. The zero-order chi connectivity index (χ0) is 10.8. The van der Waals surface area contributed by atoms with Gasteiger partial charge in [0.15, 0.2) is 0 Å². The Balaban J connectivity index is 2.21. The summed E-state index contributed by atoms with van der Waals surface area (Å²) in [6.45, 7) is 0. The first-order valence-electron chi connectivity index (χ1n) is 5.21. The summed E-state index contributed by atoms with van der Waals surface area (Å²) in [5.41, 5.74) is 1.96. The van der Waals surface area contributed by atoms with Crippen molar-refractivity contribution >= 4 is 5.97 Å². The maximum absolute atomic E-state index is 10.5. The van der Waals surface area contributed by atoms with Crippen LogP contribution in [0.2, 0.25) is 0 Å². The molecule has 0 saturated heterocycles. The van der Waals surface area contributed by atoms with E-state index in [1.54, 1.807) is 12.1 Å². The van der Waals surface area contributed by atoms with Crippen molar-refractivity contribution < 1.29 is 15.0 Å². The van der Waals surface area contributed by atoms with Gasteiger partial charge in [-0.1, -0.05) is 12.1 Å². The molecule has 0 spiro atoms. The van der Waals surface area contributed by atoms with E-state index in [0.29, 0.717) is 18.1 Å². The molecule has 0 unspecified atom stereocenters. The van der Waals surface area contributed by atoms with Crippen molar-refractivity contribution in [1.29, 1.82) is 0 Å². The minimum atomic E-state index is -0.792. The average Bonchev–Trinajstić information content (AvgIpc) is 2.98. The topological polar surface area (TPSA) is 57.5 Å². The molecule has 1 aromatic rings. The summed E-state index contributed by atoms with van der Waals surface area (Å²) < 4.78 is 0. The summed E-state index contributed by atoms with van der Waals surface area (Å²) >= 11 is 0. The molecule has 0 bridgehead atoms. The van der Waals surface area contributed by atoms with E-state index in [2.05, 4.69) is 0 Å². The van der Waals surface area contributed by atoms with Gasteiger partial charge >= 0.3 is 5.97 Å². The third kappa shape index (κ3) is 2.29. The van der Waals surface area contributed by atoms with E-state index >= 15 is 0 Å². The first-order valence-corrected chi connectivity index (χ1v) is 5.21. The van der Waals surface area contributed by atoms with Crippen molar-refractivity contribution in [3.8, 4) is 5.75 Å². The summed E-state index contributed by atoms with van der Waals surface area (Å²) in [7, 11) is 0. The van der Waals surface area contributed by atoms with Crippen molar-refractivity contribution in [3.63, 3.8) is 0 Å². The van der Waals surface area contributed by atoms with Gasteiger partial charge < -0.3 is 10.2 Å². The molecule has 1 aromatic carbocycles. The second-order valence-corrected chi connectivity index (χ2v) is 4.02. The predicted octanol–water partition coefficient (Wildman–Crippen LogP) is 2.29.